The molecule has 1 aliphatic rings. The molecule has 1 saturated heterocycles. The Morgan fingerprint density at radius 1 is 1.26 bits per heavy atom. The van der Waals surface area contributed by atoms with E-state index >= 15 is 0 Å². The second-order valence-electron chi connectivity index (χ2n) is 9.27. The van der Waals surface area contributed by atoms with E-state index in [9.17, 15) is 27.6 Å². The largest absolute Gasteiger partial charge is 0.466 e. The number of benzene rings is 1. The number of aromatic nitrogens is 1. The molecule has 1 aromatic heterocycles. The molecular formula is C26H35N7O7S2. The van der Waals surface area contributed by atoms with Gasteiger partial charge in [-0.15, -0.1) is 11.3 Å². The number of carbonyl (C=O) groups excluding carboxylic acids is 4. The van der Waals surface area contributed by atoms with Crippen molar-refractivity contribution < 1.29 is 32.3 Å². The maximum Gasteiger partial charge on any atom is 0.307 e. The fourth-order valence-corrected chi connectivity index (χ4v) is 6.82. The van der Waals surface area contributed by atoms with Crippen LogP contribution < -0.4 is 16.8 Å². The summed E-state index contributed by atoms with van der Waals surface area (Å²) in [4.78, 5) is 61.8. The van der Waals surface area contributed by atoms with Crippen LogP contribution in [0.5, 0.6) is 0 Å². The van der Waals surface area contributed by atoms with Crippen molar-refractivity contribution in [2.45, 2.75) is 50.2 Å². The Bertz CT molecular complexity index is 1350. The summed E-state index contributed by atoms with van der Waals surface area (Å²) in [6, 6.07) is 5.92. The third-order valence-electron chi connectivity index (χ3n) is 6.42. The van der Waals surface area contributed by atoms with Gasteiger partial charge in [-0.05, 0) is 31.9 Å². The molecule has 2 aromatic rings. The molecule has 5 N–H and O–H groups in total. The fraction of sp³-hybridized carbons (Fsp3) is 0.462. The van der Waals surface area contributed by atoms with Crippen molar-refractivity contribution >= 4 is 51.3 Å². The first kappa shape index (κ1) is 32.8. The van der Waals surface area contributed by atoms with E-state index in [1.165, 1.54) is 6.20 Å². The molecule has 3 atom stereocenters. The first-order valence-corrected chi connectivity index (χ1v) is 15.8. The van der Waals surface area contributed by atoms with Crippen LogP contribution in [0.15, 0.2) is 46.9 Å². The van der Waals surface area contributed by atoms with E-state index in [4.69, 9.17) is 16.2 Å². The van der Waals surface area contributed by atoms with Crippen LogP contribution in [0.25, 0.3) is 0 Å². The number of nitrogens with zero attached hydrogens (tertiary/aromatic N) is 4. The predicted molar refractivity (Wildman–Crippen MR) is 156 cm³/mol. The summed E-state index contributed by atoms with van der Waals surface area (Å²) < 4.78 is 32.8. The number of hydrogen-bond donors (Lipinski definition) is 3. The van der Waals surface area contributed by atoms with Crippen molar-refractivity contribution in [2.24, 2.45) is 16.5 Å². The lowest BCUT2D eigenvalue weighted by Gasteiger charge is -2.41. The first-order valence-electron chi connectivity index (χ1n) is 13.3. The molecule has 16 heteroatoms. The monoisotopic (exact) mass is 621 g/mol. The summed E-state index contributed by atoms with van der Waals surface area (Å²) in [5.74, 6) is -3.25. The average Bonchev–Trinajstić information content (AvgIpc) is 3.50. The lowest BCUT2D eigenvalue weighted by Crippen LogP contribution is -2.64. The van der Waals surface area contributed by atoms with Crippen LogP contribution in [-0.4, -0.2) is 97.0 Å². The second-order valence-corrected chi connectivity index (χ2v) is 12.1. The van der Waals surface area contributed by atoms with Gasteiger partial charge in [0.15, 0.2) is 5.01 Å². The number of hydrogen-bond acceptors (Lipinski definition) is 11. The highest BCUT2D eigenvalue weighted by Gasteiger charge is 2.46. The average molecular weight is 622 g/mol. The third-order valence-corrected chi connectivity index (χ3v) is 9.06. The number of esters is 1. The van der Waals surface area contributed by atoms with Crippen molar-refractivity contribution in [1.29, 1.82) is 0 Å². The SMILES string of the molecule is CCOC(=O)CC1C(=O)N(C(/N=C/N)C(=O)NC(CCCN)C(=O)c2nccs2)CCN1S(=O)(=O)Cc1ccccc1. The zero-order valence-corrected chi connectivity index (χ0v) is 24.8. The number of ketones is 1. The molecule has 1 aromatic carbocycles. The Balaban J connectivity index is 1.88. The van der Waals surface area contributed by atoms with Crippen LogP contribution in [0.4, 0.5) is 0 Å². The highest BCUT2D eigenvalue weighted by atomic mass is 32.2. The number of amides is 2. The molecule has 0 radical (unpaired) electrons. The number of rotatable bonds is 15. The molecule has 1 fully saturated rings. The van der Waals surface area contributed by atoms with Gasteiger partial charge in [0.2, 0.25) is 27.9 Å². The van der Waals surface area contributed by atoms with Crippen molar-refractivity contribution in [3.63, 3.8) is 0 Å². The first-order chi connectivity index (χ1) is 20.1. The number of piperazine rings is 1. The van der Waals surface area contributed by atoms with Crippen molar-refractivity contribution in [2.75, 3.05) is 26.2 Å². The quantitative estimate of drug-likeness (QED) is 0.104. The number of aliphatic imine (C=N–C) groups is 1. The molecule has 2 amide bonds. The normalized spacial score (nSPS) is 17.6. The van der Waals surface area contributed by atoms with Gasteiger partial charge < -0.3 is 26.4 Å². The second kappa shape index (κ2) is 15.5. The summed E-state index contributed by atoms with van der Waals surface area (Å²) in [5, 5.41) is 4.45. The smallest absolute Gasteiger partial charge is 0.307 e. The zero-order valence-electron chi connectivity index (χ0n) is 23.1. The topological polar surface area (TPSA) is 207 Å². The summed E-state index contributed by atoms with van der Waals surface area (Å²) in [5.41, 5.74) is 11.6. The summed E-state index contributed by atoms with van der Waals surface area (Å²) in [7, 11) is -4.07. The molecule has 0 bridgehead atoms. The van der Waals surface area contributed by atoms with Gasteiger partial charge in [-0.2, -0.15) is 4.31 Å². The van der Waals surface area contributed by atoms with E-state index in [2.05, 4.69) is 15.3 Å². The Morgan fingerprint density at radius 3 is 2.62 bits per heavy atom. The van der Waals surface area contributed by atoms with E-state index in [1.54, 1.807) is 42.6 Å². The molecule has 1 aliphatic heterocycles. The number of nitrogens with one attached hydrogen (secondary N) is 1. The highest BCUT2D eigenvalue weighted by Crippen LogP contribution is 2.24. The number of thiazole rings is 1. The van der Waals surface area contributed by atoms with E-state index in [1.807, 2.05) is 0 Å². The minimum atomic E-state index is -4.07. The Morgan fingerprint density at radius 2 is 2.00 bits per heavy atom. The summed E-state index contributed by atoms with van der Waals surface area (Å²) in [6.07, 6.45) is 0.842. The number of carbonyl (C=O) groups is 4. The molecule has 3 unspecified atom stereocenters. The molecule has 0 saturated carbocycles. The van der Waals surface area contributed by atoms with Crippen LogP contribution in [0.3, 0.4) is 0 Å². The number of nitrogens with two attached hydrogens (primary N) is 2. The van der Waals surface area contributed by atoms with Gasteiger partial charge >= 0.3 is 5.97 Å². The van der Waals surface area contributed by atoms with Crippen LogP contribution in [-0.2, 0) is 34.9 Å². The number of sulfonamides is 1. The zero-order chi connectivity index (χ0) is 30.7. The molecule has 3 rings (SSSR count). The molecule has 2 heterocycles. The van der Waals surface area contributed by atoms with E-state index in [0.29, 0.717) is 12.0 Å². The van der Waals surface area contributed by atoms with Gasteiger partial charge in [-0.25, -0.2) is 18.4 Å². The van der Waals surface area contributed by atoms with Gasteiger partial charge in [0.05, 0.1) is 31.2 Å². The summed E-state index contributed by atoms with van der Waals surface area (Å²) >= 11 is 1.12. The number of ether oxygens (including phenoxy) is 1. The fourth-order valence-electron chi connectivity index (χ4n) is 4.50. The van der Waals surface area contributed by atoms with Gasteiger partial charge in [0.25, 0.3) is 5.91 Å². The molecule has 14 nitrogen and oxygen atoms in total. The van der Waals surface area contributed by atoms with Gasteiger partial charge in [-0.3, -0.25) is 19.2 Å². The lowest BCUT2D eigenvalue weighted by molar-refractivity contribution is -0.153. The Labute approximate surface area is 248 Å². The van der Waals surface area contributed by atoms with Gasteiger partial charge in [0.1, 0.15) is 6.04 Å². The van der Waals surface area contributed by atoms with Crippen LogP contribution in [0.1, 0.15) is 41.6 Å². The minimum absolute atomic E-state index is 0.0278. The molecule has 228 valence electrons. The third kappa shape index (κ3) is 8.40. The van der Waals surface area contributed by atoms with Crippen LogP contribution in [0.2, 0.25) is 0 Å². The molecule has 0 aliphatic carbocycles. The molecular weight excluding hydrogens is 586 g/mol. The highest BCUT2D eigenvalue weighted by molar-refractivity contribution is 7.88. The van der Waals surface area contributed by atoms with E-state index < -0.39 is 64.0 Å². The Hall–Kier alpha value is -3.73. The van der Waals surface area contributed by atoms with E-state index in [0.717, 1.165) is 26.9 Å². The lowest BCUT2D eigenvalue weighted by atomic mass is 10.1. The van der Waals surface area contributed by atoms with Crippen LogP contribution in [0, 0.1) is 0 Å². The van der Waals surface area contributed by atoms with Gasteiger partial charge in [-0.1, -0.05) is 30.3 Å². The van der Waals surface area contributed by atoms with E-state index in [-0.39, 0.29) is 37.7 Å². The minimum Gasteiger partial charge on any atom is -0.466 e. The maximum absolute atomic E-state index is 13.8. The van der Waals surface area contributed by atoms with Crippen LogP contribution >= 0.6 is 11.3 Å². The maximum atomic E-state index is 13.8. The Kier molecular flexibility index (Phi) is 12.1. The standard InChI is InChI=1S/C26H35N7O7S2/c1-2-40-21(34)15-20-26(37)32(12-13-33(20)42(38,39)16-18-7-4-3-5-8-18)23(30-17-28)24(36)31-19(9-6-10-27)22(35)25-29-11-14-41-25/h3-5,7-8,11,14,17,19-20,23H,2,6,9-10,12-13,15-16,27H2,1H3,(H2,28,30)(H,31,36). The number of Topliss-reactive ketones (excluding diaryl/α,β-unsaturated/α-hetero) is 1. The molecule has 42 heavy (non-hydrogen) atoms. The van der Waals surface area contributed by atoms with Crippen molar-refractivity contribution in [1.82, 2.24) is 19.5 Å². The summed E-state index contributed by atoms with van der Waals surface area (Å²) in [6.45, 7) is 1.44. The van der Waals surface area contributed by atoms with Crippen molar-refractivity contribution in [3.8, 4) is 0 Å². The van der Waals surface area contributed by atoms with Gasteiger partial charge in [0, 0.05) is 24.7 Å². The predicted octanol–water partition coefficient (Wildman–Crippen LogP) is -0.141. The van der Waals surface area contributed by atoms with Crippen molar-refractivity contribution in [3.05, 3.63) is 52.5 Å². The molecule has 0 spiro atoms.